The van der Waals surface area contributed by atoms with Crippen molar-refractivity contribution in [3.63, 3.8) is 0 Å². The van der Waals surface area contributed by atoms with E-state index < -0.39 is 41.0 Å². The Morgan fingerprint density at radius 2 is 1.55 bits per heavy atom. The van der Waals surface area contributed by atoms with Crippen LogP contribution in [-0.4, -0.2) is 70.6 Å². The van der Waals surface area contributed by atoms with Gasteiger partial charge in [0, 0.05) is 24.4 Å². The quantitative estimate of drug-likeness (QED) is 0.0775. The summed E-state index contributed by atoms with van der Waals surface area (Å²) in [6.07, 6.45) is 2.80. The van der Waals surface area contributed by atoms with E-state index in [1.54, 1.807) is 29.2 Å². The number of benzene rings is 3. The predicted octanol–water partition coefficient (Wildman–Crippen LogP) is 4.64. The molecule has 3 aromatic rings. The van der Waals surface area contributed by atoms with Crippen LogP contribution in [0.15, 0.2) is 72.8 Å². The Hall–Kier alpha value is -4.53. The lowest BCUT2D eigenvalue weighted by atomic mass is 9.92. The highest BCUT2D eigenvalue weighted by Gasteiger charge is 2.49. The summed E-state index contributed by atoms with van der Waals surface area (Å²) in [5.74, 6) is -2.09. The molecule has 3 amide bonds. The van der Waals surface area contributed by atoms with Crippen LogP contribution in [0.5, 0.6) is 5.75 Å². The molecule has 1 heterocycles. The van der Waals surface area contributed by atoms with Gasteiger partial charge in [0.2, 0.25) is 11.8 Å². The molecule has 4 atom stereocenters. The Bertz CT molecular complexity index is 1600. The number of carbonyl (C=O) groups is 4. The first kappa shape index (κ1) is 39.3. The number of nitrogens with one attached hydrogen (secondary N) is 2. The first-order chi connectivity index (χ1) is 24.6. The highest BCUT2D eigenvalue weighted by molar-refractivity contribution is 8.00. The number of nitrogens with zero attached hydrogens (tertiary/aromatic N) is 1. The molecule has 1 unspecified atom stereocenters. The molecule has 0 aliphatic carbocycles. The molecule has 0 saturated carbocycles. The van der Waals surface area contributed by atoms with Crippen molar-refractivity contribution in [3.8, 4) is 5.75 Å². The molecule has 6 N–H and O–H groups in total. The maximum absolute atomic E-state index is 13.6. The van der Waals surface area contributed by atoms with E-state index in [2.05, 4.69) is 10.6 Å². The van der Waals surface area contributed by atoms with Crippen LogP contribution in [0.25, 0.3) is 0 Å². The van der Waals surface area contributed by atoms with Crippen molar-refractivity contribution >= 4 is 41.1 Å². The summed E-state index contributed by atoms with van der Waals surface area (Å²) in [6, 6.07) is 16.8. The molecule has 51 heavy (non-hydrogen) atoms. The zero-order valence-corrected chi connectivity index (χ0v) is 29.0. The fraction of sp³-hybridized carbons (Fsp3) is 0.405. The van der Waals surface area contributed by atoms with Gasteiger partial charge < -0.3 is 36.2 Å². The minimum absolute atomic E-state index is 0.191. The van der Waals surface area contributed by atoms with E-state index in [0.717, 1.165) is 5.56 Å². The molecule has 0 aromatic heterocycles. The second-order valence-electron chi connectivity index (χ2n) is 12.2. The van der Waals surface area contributed by atoms with E-state index in [0.29, 0.717) is 68.6 Å². The maximum Gasteiger partial charge on any atom is 0.326 e. The topological polar surface area (TPSA) is 171 Å². The van der Waals surface area contributed by atoms with Crippen LogP contribution in [-0.2, 0) is 19.2 Å². The molecular formula is C37H44F2N4O7S. The molecule has 4 rings (SSSR count). The average molecular weight is 727 g/mol. The number of hydrogen-bond donors (Lipinski definition) is 5. The van der Waals surface area contributed by atoms with Crippen LogP contribution in [0.4, 0.5) is 14.5 Å². The summed E-state index contributed by atoms with van der Waals surface area (Å²) in [7, 11) is 0. The van der Waals surface area contributed by atoms with E-state index in [1.165, 1.54) is 60.3 Å². The van der Waals surface area contributed by atoms with Crippen molar-refractivity contribution < 1.29 is 42.9 Å². The van der Waals surface area contributed by atoms with Gasteiger partial charge in [-0.25, -0.2) is 13.6 Å². The molecule has 0 bridgehead atoms. The number of carbonyl (C=O) groups excluding carboxylic acids is 3. The number of anilines is 1. The summed E-state index contributed by atoms with van der Waals surface area (Å²) in [6.45, 7) is 0.646. The predicted molar refractivity (Wildman–Crippen MR) is 190 cm³/mol. The van der Waals surface area contributed by atoms with Crippen LogP contribution in [0.1, 0.15) is 68.2 Å². The minimum Gasteiger partial charge on any atom is -0.484 e. The van der Waals surface area contributed by atoms with Gasteiger partial charge in [-0.05, 0) is 98.3 Å². The van der Waals surface area contributed by atoms with Gasteiger partial charge in [0.05, 0.1) is 12.1 Å². The zero-order chi connectivity index (χ0) is 36.8. The highest BCUT2D eigenvalue weighted by atomic mass is 32.2. The Labute approximate surface area is 299 Å². The van der Waals surface area contributed by atoms with Crippen LogP contribution in [0.2, 0.25) is 0 Å². The Morgan fingerprint density at radius 3 is 2.20 bits per heavy atom. The van der Waals surface area contributed by atoms with Crippen molar-refractivity contribution in [2.24, 2.45) is 5.73 Å². The fourth-order valence-electron chi connectivity index (χ4n) is 5.61. The normalized spacial score (nSPS) is 16.5. The Morgan fingerprint density at radius 1 is 0.882 bits per heavy atom. The Balaban J connectivity index is 1.22. The van der Waals surface area contributed by atoms with Crippen molar-refractivity contribution in [3.05, 3.63) is 95.6 Å². The number of carboxylic acids is 1. The van der Waals surface area contributed by atoms with Gasteiger partial charge in [-0.3, -0.25) is 14.4 Å². The first-order valence-corrected chi connectivity index (χ1v) is 18.0. The van der Waals surface area contributed by atoms with E-state index in [-0.39, 0.29) is 36.5 Å². The number of β-lactam (4-membered cyclic amide) rings is 1. The number of thioether (sulfide) groups is 1. The number of carboxylic acid groups (broad SMARTS) is 1. The largest absolute Gasteiger partial charge is 0.484 e. The highest BCUT2D eigenvalue weighted by Crippen LogP contribution is 2.46. The van der Waals surface area contributed by atoms with Crippen molar-refractivity contribution in [1.82, 2.24) is 10.6 Å². The second kappa shape index (κ2) is 19.8. The number of amides is 3. The number of aliphatic hydroxyl groups excluding tert-OH is 1. The van der Waals surface area contributed by atoms with Crippen molar-refractivity contribution in [2.45, 2.75) is 68.4 Å². The SMILES string of the molecule is NCCCC[C@@H](NC(=O)CCCCCNC(=O)COc1ccc([C@@H]2[C@@H](SCC(O)c3ccc(F)cc3)C(=O)N2c2ccc(F)cc2)cc1)C(=O)O. The van der Waals surface area contributed by atoms with Gasteiger partial charge in [0.15, 0.2) is 6.61 Å². The van der Waals surface area contributed by atoms with Gasteiger partial charge in [-0.15, -0.1) is 11.8 Å². The van der Waals surface area contributed by atoms with Crippen LogP contribution >= 0.6 is 11.8 Å². The molecule has 1 aliphatic heterocycles. The molecule has 1 aliphatic rings. The van der Waals surface area contributed by atoms with Crippen molar-refractivity contribution in [2.75, 3.05) is 30.3 Å². The molecule has 0 spiro atoms. The number of hydrogen-bond acceptors (Lipinski definition) is 8. The summed E-state index contributed by atoms with van der Waals surface area (Å²) >= 11 is 1.28. The van der Waals surface area contributed by atoms with Gasteiger partial charge in [-0.1, -0.05) is 30.7 Å². The molecule has 1 fully saturated rings. The number of aliphatic carboxylic acids is 1. The number of nitrogens with two attached hydrogens (primary N) is 1. The molecule has 14 heteroatoms. The number of unbranched alkanes of at least 4 members (excludes halogenated alkanes) is 3. The lowest BCUT2D eigenvalue weighted by Crippen LogP contribution is -2.57. The fourth-order valence-corrected chi connectivity index (χ4v) is 6.91. The summed E-state index contributed by atoms with van der Waals surface area (Å²) < 4.78 is 32.6. The van der Waals surface area contributed by atoms with Gasteiger partial charge in [-0.2, -0.15) is 0 Å². The van der Waals surface area contributed by atoms with Gasteiger partial charge >= 0.3 is 5.97 Å². The molecule has 1 saturated heterocycles. The number of halogens is 2. The maximum atomic E-state index is 13.6. The molecule has 11 nitrogen and oxygen atoms in total. The van der Waals surface area contributed by atoms with Crippen molar-refractivity contribution in [1.29, 1.82) is 0 Å². The van der Waals surface area contributed by atoms with E-state index in [9.17, 15) is 38.2 Å². The summed E-state index contributed by atoms with van der Waals surface area (Å²) in [4.78, 5) is 50.7. The number of rotatable bonds is 21. The third kappa shape index (κ3) is 11.8. The monoisotopic (exact) mass is 726 g/mol. The number of ether oxygens (including phenoxy) is 1. The van der Waals surface area contributed by atoms with Crippen LogP contribution in [0.3, 0.4) is 0 Å². The average Bonchev–Trinajstić information content (AvgIpc) is 3.12. The third-order valence-electron chi connectivity index (χ3n) is 8.41. The molecular weight excluding hydrogens is 682 g/mol. The van der Waals surface area contributed by atoms with Gasteiger partial charge in [0.1, 0.15) is 28.7 Å². The van der Waals surface area contributed by atoms with E-state index >= 15 is 0 Å². The van der Waals surface area contributed by atoms with Gasteiger partial charge in [0.25, 0.3) is 5.91 Å². The van der Waals surface area contributed by atoms with E-state index in [4.69, 9.17) is 10.5 Å². The second-order valence-corrected chi connectivity index (χ2v) is 13.4. The standard InChI is InChI=1S/C37H44F2N4O7S/c38-26-12-8-24(9-13-26)31(44)23-51-35-34(43(36(35)47)28-16-14-27(39)15-17-28)25-10-18-29(19-11-25)50-22-33(46)41-21-5-1-2-7-32(45)42-30(37(48)49)6-3-4-20-40/h8-19,30-31,34-35,44H,1-7,20-23,40H2,(H,41,46)(H,42,45)(H,48,49)/t30-,31?,34-,35-/m1/s1. The summed E-state index contributed by atoms with van der Waals surface area (Å²) in [5, 5.41) is 24.7. The molecule has 0 radical (unpaired) electrons. The minimum atomic E-state index is -1.06. The zero-order valence-electron chi connectivity index (χ0n) is 28.1. The van der Waals surface area contributed by atoms with Crippen LogP contribution in [0, 0.1) is 11.6 Å². The Kier molecular flexibility index (Phi) is 15.2. The summed E-state index contributed by atoms with van der Waals surface area (Å²) in [5.41, 5.74) is 7.29. The smallest absolute Gasteiger partial charge is 0.326 e. The lowest BCUT2D eigenvalue weighted by molar-refractivity contribution is -0.142. The number of aliphatic hydroxyl groups is 1. The third-order valence-corrected chi connectivity index (χ3v) is 9.74. The first-order valence-electron chi connectivity index (χ1n) is 16.9. The molecule has 274 valence electrons. The van der Waals surface area contributed by atoms with E-state index in [1.807, 2.05) is 0 Å². The lowest BCUT2D eigenvalue weighted by Gasteiger charge is -2.47. The van der Waals surface area contributed by atoms with Crippen LogP contribution < -0.4 is 26.0 Å². The molecule has 3 aromatic carbocycles.